The van der Waals surface area contributed by atoms with Gasteiger partial charge in [-0.25, -0.2) is 17.2 Å². The van der Waals surface area contributed by atoms with E-state index < -0.39 is 40.2 Å². The molecule has 0 saturated carbocycles. The molecule has 1 amide bonds. The first-order valence-electron chi connectivity index (χ1n) is 9.15. The minimum Gasteiger partial charge on any atom is -0.348 e. The molecule has 0 unspecified atom stereocenters. The van der Waals surface area contributed by atoms with E-state index in [1.54, 1.807) is 37.3 Å². The van der Waals surface area contributed by atoms with Crippen LogP contribution in [0.25, 0.3) is 0 Å². The van der Waals surface area contributed by atoms with Gasteiger partial charge in [-0.3, -0.25) is 9.10 Å². The number of benzene rings is 3. The van der Waals surface area contributed by atoms with Gasteiger partial charge in [-0.05, 0) is 61.0 Å². The second-order valence-corrected chi connectivity index (χ2v) is 8.50. The van der Waals surface area contributed by atoms with Crippen LogP contribution >= 0.6 is 0 Å². The summed E-state index contributed by atoms with van der Waals surface area (Å²) in [6, 6.07) is 17.7. The number of nitrogens with one attached hydrogen (secondary N) is 1. The molecule has 5 nitrogen and oxygen atoms in total. The molecule has 3 aromatic rings. The second kappa shape index (κ2) is 9.04. The number of anilines is 1. The highest BCUT2D eigenvalue weighted by Gasteiger charge is 2.27. The van der Waals surface area contributed by atoms with E-state index in [-0.39, 0.29) is 10.6 Å². The molecule has 0 fully saturated rings. The number of carbonyl (C=O) groups is 1. The van der Waals surface area contributed by atoms with Crippen LogP contribution in [0.1, 0.15) is 18.5 Å². The average Bonchev–Trinajstić information content (AvgIpc) is 2.74. The molecule has 0 saturated heterocycles. The Kier molecular flexibility index (Phi) is 6.47. The zero-order valence-electron chi connectivity index (χ0n) is 16.1. The Morgan fingerprint density at radius 3 is 2.00 bits per heavy atom. The molecular formula is C22H20F2N2O3S. The van der Waals surface area contributed by atoms with E-state index in [1.165, 1.54) is 36.4 Å². The first-order valence-corrected chi connectivity index (χ1v) is 10.6. The van der Waals surface area contributed by atoms with Crippen LogP contribution in [0.3, 0.4) is 0 Å². The van der Waals surface area contributed by atoms with Crippen LogP contribution in [0, 0.1) is 11.6 Å². The Morgan fingerprint density at radius 2 is 1.43 bits per heavy atom. The van der Waals surface area contributed by atoms with Crippen molar-refractivity contribution in [1.29, 1.82) is 0 Å². The van der Waals surface area contributed by atoms with Crippen molar-refractivity contribution in [3.8, 4) is 0 Å². The van der Waals surface area contributed by atoms with Gasteiger partial charge in [0, 0.05) is 0 Å². The summed E-state index contributed by atoms with van der Waals surface area (Å²) in [5.74, 6) is -1.48. The van der Waals surface area contributed by atoms with E-state index in [0.29, 0.717) is 5.56 Å². The van der Waals surface area contributed by atoms with Gasteiger partial charge in [0.1, 0.15) is 18.2 Å². The minimum atomic E-state index is -4.07. The van der Waals surface area contributed by atoms with Gasteiger partial charge >= 0.3 is 0 Å². The molecule has 3 aromatic carbocycles. The third kappa shape index (κ3) is 5.01. The molecule has 8 heteroatoms. The number of hydrogen-bond donors (Lipinski definition) is 1. The van der Waals surface area contributed by atoms with Gasteiger partial charge in [-0.15, -0.1) is 0 Å². The Balaban J connectivity index is 1.86. The third-order valence-electron chi connectivity index (χ3n) is 4.48. The van der Waals surface area contributed by atoms with Crippen molar-refractivity contribution in [3.63, 3.8) is 0 Å². The molecule has 1 atom stereocenters. The van der Waals surface area contributed by atoms with Crippen LogP contribution in [-0.2, 0) is 14.8 Å². The fourth-order valence-corrected chi connectivity index (χ4v) is 4.34. The summed E-state index contributed by atoms with van der Waals surface area (Å²) in [5, 5.41) is 2.71. The lowest BCUT2D eigenvalue weighted by molar-refractivity contribution is -0.120. The summed E-state index contributed by atoms with van der Waals surface area (Å²) in [4.78, 5) is 12.7. The number of sulfonamides is 1. The molecule has 0 heterocycles. The number of rotatable bonds is 7. The van der Waals surface area contributed by atoms with E-state index in [1.807, 2.05) is 0 Å². The first kappa shape index (κ1) is 21.4. The normalized spacial score (nSPS) is 12.2. The van der Waals surface area contributed by atoms with Gasteiger partial charge in [0.25, 0.3) is 10.0 Å². The van der Waals surface area contributed by atoms with Gasteiger partial charge in [0.15, 0.2) is 0 Å². The van der Waals surface area contributed by atoms with Crippen LogP contribution in [-0.4, -0.2) is 20.9 Å². The van der Waals surface area contributed by atoms with Gasteiger partial charge in [-0.1, -0.05) is 30.3 Å². The topological polar surface area (TPSA) is 66.5 Å². The largest absolute Gasteiger partial charge is 0.348 e. The number of halogens is 2. The maximum absolute atomic E-state index is 13.3. The lowest BCUT2D eigenvalue weighted by Gasteiger charge is -2.25. The fourth-order valence-electron chi connectivity index (χ4n) is 2.89. The second-order valence-electron chi connectivity index (χ2n) is 6.64. The average molecular weight is 430 g/mol. The molecule has 156 valence electrons. The van der Waals surface area contributed by atoms with Crippen LogP contribution in [0.15, 0.2) is 83.8 Å². The third-order valence-corrected chi connectivity index (χ3v) is 6.27. The molecule has 0 aliphatic rings. The standard InChI is InChI=1S/C22H20F2N2O3S/c1-16(17-7-9-18(23)10-8-17)25-22(27)15-26(20-13-11-19(24)12-14-20)30(28,29)21-5-3-2-4-6-21/h2-14,16H,15H2,1H3,(H,25,27)/t16-/m0/s1. The lowest BCUT2D eigenvalue weighted by Crippen LogP contribution is -2.41. The van der Waals surface area contributed by atoms with Gasteiger partial charge in [-0.2, -0.15) is 0 Å². The van der Waals surface area contributed by atoms with Crippen molar-refractivity contribution in [2.45, 2.75) is 17.9 Å². The van der Waals surface area contributed by atoms with E-state index in [0.717, 1.165) is 16.4 Å². The van der Waals surface area contributed by atoms with E-state index in [4.69, 9.17) is 0 Å². The predicted molar refractivity (Wildman–Crippen MR) is 110 cm³/mol. The van der Waals surface area contributed by atoms with Crippen molar-refractivity contribution in [2.75, 3.05) is 10.8 Å². The maximum atomic E-state index is 13.3. The van der Waals surface area contributed by atoms with Gasteiger partial charge < -0.3 is 5.32 Å². The SMILES string of the molecule is C[C@H](NC(=O)CN(c1ccc(F)cc1)S(=O)(=O)c1ccccc1)c1ccc(F)cc1. The van der Waals surface area contributed by atoms with Crippen LogP contribution in [0.4, 0.5) is 14.5 Å². The quantitative estimate of drug-likeness (QED) is 0.615. The van der Waals surface area contributed by atoms with Crippen molar-refractivity contribution in [3.05, 3.63) is 96.1 Å². The molecule has 0 aromatic heterocycles. The van der Waals surface area contributed by atoms with E-state index in [2.05, 4.69) is 5.32 Å². The lowest BCUT2D eigenvalue weighted by atomic mass is 10.1. The summed E-state index contributed by atoms with van der Waals surface area (Å²) < 4.78 is 53.7. The number of amides is 1. The van der Waals surface area contributed by atoms with Crippen LogP contribution < -0.4 is 9.62 Å². The summed E-state index contributed by atoms with van der Waals surface area (Å²) in [6.07, 6.45) is 0. The summed E-state index contributed by atoms with van der Waals surface area (Å²) >= 11 is 0. The Hall–Kier alpha value is -3.26. The van der Waals surface area contributed by atoms with E-state index in [9.17, 15) is 22.0 Å². The Morgan fingerprint density at radius 1 is 0.900 bits per heavy atom. The molecule has 3 rings (SSSR count). The van der Waals surface area contributed by atoms with E-state index >= 15 is 0 Å². The molecule has 30 heavy (non-hydrogen) atoms. The molecule has 0 bridgehead atoms. The van der Waals surface area contributed by atoms with Crippen molar-refractivity contribution in [1.82, 2.24) is 5.32 Å². The molecule has 1 N–H and O–H groups in total. The highest BCUT2D eigenvalue weighted by molar-refractivity contribution is 7.92. The molecular weight excluding hydrogens is 410 g/mol. The molecule has 0 spiro atoms. The summed E-state index contributed by atoms with van der Waals surface area (Å²) in [5.41, 5.74) is 0.828. The minimum absolute atomic E-state index is 0.00806. The summed E-state index contributed by atoms with van der Waals surface area (Å²) in [7, 11) is -4.07. The van der Waals surface area contributed by atoms with Crippen molar-refractivity contribution >= 4 is 21.6 Å². The zero-order valence-corrected chi connectivity index (χ0v) is 16.9. The molecule has 0 aliphatic carbocycles. The van der Waals surface area contributed by atoms with Gasteiger partial charge in [0.2, 0.25) is 5.91 Å². The van der Waals surface area contributed by atoms with Crippen LogP contribution in [0.2, 0.25) is 0 Å². The van der Waals surface area contributed by atoms with Crippen molar-refractivity contribution < 1.29 is 22.0 Å². The molecule has 0 radical (unpaired) electrons. The fraction of sp³-hybridized carbons (Fsp3) is 0.136. The van der Waals surface area contributed by atoms with Crippen molar-refractivity contribution in [2.24, 2.45) is 0 Å². The molecule has 0 aliphatic heterocycles. The monoisotopic (exact) mass is 430 g/mol. The highest BCUT2D eigenvalue weighted by atomic mass is 32.2. The Labute approximate surface area is 174 Å². The first-order chi connectivity index (χ1) is 14.3. The smallest absolute Gasteiger partial charge is 0.264 e. The van der Waals surface area contributed by atoms with Crippen LogP contribution in [0.5, 0.6) is 0 Å². The number of carbonyl (C=O) groups excluding carboxylic acids is 1. The Bertz CT molecular complexity index is 1100. The maximum Gasteiger partial charge on any atom is 0.264 e. The zero-order chi connectivity index (χ0) is 21.7. The highest BCUT2D eigenvalue weighted by Crippen LogP contribution is 2.24. The number of hydrogen-bond acceptors (Lipinski definition) is 3. The predicted octanol–water partition coefficient (Wildman–Crippen LogP) is 4.04. The number of nitrogens with zero attached hydrogens (tertiary/aromatic N) is 1. The summed E-state index contributed by atoms with van der Waals surface area (Å²) in [6.45, 7) is 1.20. The van der Waals surface area contributed by atoms with Gasteiger partial charge in [0.05, 0.1) is 16.6 Å².